The van der Waals surface area contributed by atoms with E-state index >= 15 is 0 Å². The van der Waals surface area contributed by atoms with Crippen molar-refractivity contribution >= 4 is 0 Å². The quantitative estimate of drug-likeness (QED) is 0.562. The molecule has 2 rings (SSSR count). The second-order valence-corrected chi connectivity index (χ2v) is 7.25. The van der Waals surface area contributed by atoms with Gasteiger partial charge in [-0.15, -0.1) is 0 Å². The lowest BCUT2D eigenvalue weighted by Gasteiger charge is -2.38. The molecule has 0 aromatic rings. The van der Waals surface area contributed by atoms with Crippen LogP contribution < -0.4 is 0 Å². The van der Waals surface area contributed by atoms with Crippen molar-refractivity contribution in [2.75, 3.05) is 13.2 Å². The molecule has 0 amide bonds. The predicted molar refractivity (Wildman–Crippen MR) is 88.6 cm³/mol. The summed E-state index contributed by atoms with van der Waals surface area (Å²) in [5, 5.41) is 0. The van der Waals surface area contributed by atoms with Crippen LogP contribution in [-0.4, -0.2) is 25.4 Å². The lowest BCUT2D eigenvalue weighted by Crippen LogP contribution is -2.41. The predicted octanol–water partition coefficient (Wildman–Crippen LogP) is 5.35. The van der Waals surface area contributed by atoms with E-state index in [9.17, 15) is 0 Å². The standard InChI is InChI=1S/C19H36O2/c1-3-5-7-8-16-10-12-17(13-11-16)19-15-20-18(14-21-19)9-6-4-2/h16-19H,3-15H2,1-2H3. The Morgan fingerprint density at radius 3 is 2.14 bits per heavy atom. The molecule has 1 saturated carbocycles. The van der Waals surface area contributed by atoms with Crippen LogP contribution in [0.1, 0.15) is 84.5 Å². The monoisotopic (exact) mass is 296 g/mol. The van der Waals surface area contributed by atoms with E-state index in [0.29, 0.717) is 12.2 Å². The molecule has 2 aliphatic rings. The van der Waals surface area contributed by atoms with Crippen molar-refractivity contribution in [1.29, 1.82) is 0 Å². The summed E-state index contributed by atoms with van der Waals surface area (Å²) >= 11 is 0. The summed E-state index contributed by atoms with van der Waals surface area (Å²) in [6.07, 6.45) is 15.7. The minimum atomic E-state index is 0.367. The Kier molecular flexibility index (Phi) is 8.10. The lowest BCUT2D eigenvalue weighted by atomic mass is 9.77. The summed E-state index contributed by atoms with van der Waals surface area (Å²) in [6, 6.07) is 0. The summed E-state index contributed by atoms with van der Waals surface area (Å²) < 4.78 is 12.2. The minimum absolute atomic E-state index is 0.367. The summed E-state index contributed by atoms with van der Waals surface area (Å²) in [7, 11) is 0. The lowest BCUT2D eigenvalue weighted by molar-refractivity contribution is -0.157. The van der Waals surface area contributed by atoms with Crippen LogP contribution in [0.3, 0.4) is 0 Å². The van der Waals surface area contributed by atoms with Crippen molar-refractivity contribution in [1.82, 2.24) is 0 Å². The van der Waals surface area contributed by atoms with E-state index < -0.39 is 0 Å². The Hall–Kier alpha value is -0.0800. The molecule has 0 N–H and O–H groups in total. The molecule has 1 aliphatic heterocycles. The van der Waals surface area contributed by atoms with E-state index in [1.807, 2.05) is 0 Å². The van der Waals surface area contributed by atoms with Crippen LogP contribution in [0, 0.1) is 11.8 Å². The van der Waals surface area contributed by atoms with Gasteiger partial charge in [-0.3, -0.25) is 0 Å². The smallest absolute Gasteiger partial charge is 0.0838 e. The molecule has 2 nitrogen and oxygen atoms in total. The number of hydrogen-bond acceptors (Lipinski definition) is 2. The summed E-state index contributed by atoms with van der Waals surface area (Å²) in [4.78, 5) is 0. The highest BCUT2D eigenvalue weighted by Crippen LogP contribution is 2.35. The molecule has 0 bridgehead atoms. The van der Waals surface area contributed by atoms with Crippen molar-refractivity contribution in [3.05, 3.63) is 0 Å². The average molecular weight is 296 g/mol. The number of rotatable bonds is 8. The molecule has 2 heteroatoms. The average Bonchev–Trinajstić information content (AvgIpc) is 2.54. The van der Waals surface area contributed by atoms with Gasteiger partial charge in [0.05, 0.1) is 25.4 Å². The second-order valence-electron chi connectivity index (χ2n) is 7.25. The van der Waals surface area contributed by atoms with E-state index in [-0.39, 0.29) is 0 Å². The summed E-state index contributed by atoms with van der Waals surface area (Å²) in [6.45, 7) is 6.22. The first-order valence-corrected chi connectivity index (χ1v) is 9.56. The fourth-order valence-corrected chi connectivity index (χ4v) is 3.96. The van der Waals surface area contributed by atoms with E-state index in [4.69, 9.17) is 9.47 Å². The van der Waals surface area contributed by atoms with E-state index in [1.165, 1.54) is 70.6 Å². The van der Waals surface area contributed by atoms with Crippen LogP contribution in [0.25, 0.3) is 0 Å². The van der Waals surface area contributed by atoms with Gasteiger partial charge in [0.2, 0.25) is 0 Å². The zero-order valence-electron chi connectivity index (χ0n) is 14.3. The number of ether oxygens (including phenoxy) is 2. The fourth-order valence-electron chi connectivity index (χ4n) is 3.96. The van der Waals surface area contributed by atoms with Gasteiger partial charge < -0.3 is 9.47 Å². The Bertz CT molecular complexity index is 250. The first-order valence-electron chi connectivity index (χ1n) is 9.56. The van der Waals surface area contributed by atoms with E-state index in [2.05, 4.69) is 13.8 Å². The highest BCUT2D eigenvalue weighted by Gasteiger charge is 2.31. The van der Waals surface area contributed by atoms with Gasteiger partial charge in [0.1, 0.15) is 0 Å². The van der Waals surface area contributed by atoms with Crippen molar-refractivity contribution in [2.45, 2.75) is 96.7 Å². The molecule has 2 fully saturated rings. The van der Waals surface area contributed by atoms with Gasteiger partial charge in [0.25, 0.3) is 0 Å². The van der Waals surface area contributed by atoms with Crippen LogP contribution in [0.2, 0.25) is 0 Å². The third-order valence-electron chi connectivity index (χ3n) is 5.51. The zero-order valence-corrected chi connectivity index (χ0v) is 14.3. The molecule has 0 aromatic heterocycles. The minimum Gasteiger partial charge on any atom is -0.373 e. The van der Waals surface area contributed by atoms with Crippen LogP contribution in [0.15, 0.2) is 0 Å². The largest absolute Gasteiger partial charge is 0.373 e. The Morgan fingerprint density at radius 1 is 0.762 bits per heavy atom. The second kappa shape index (κ2) is 9.84. The van der Waals surface area contributed by atoms with Gasteiger partial charge in [0.15, 0.2) is 0 Å². The SMILES string of the molecule is CCCCCC1CCC(C2COC(CCCC)CO2)CC1. The molecule has 2 atom stereocenters. The molecule has 0 spiro atoms. The molecule has 2 unspecified atom stereocenters. The molecule has 21 heavy (non-hydrogen) atoms. The maximum absolute atomic E-state index is 6.14. The Morgan fingerprint density at radius 2 is 1.52 bits per heavy atom. The highest BCUT2D eigenvalue weighted by atomic mass is 16.6. The fraction of sp³-hybridized carbons (Fsp3) is 1.00. The molecular formula is C19H36O2. The van der Waals surface area contributed by atoms with Crippen molar-refractivity contribution < 1.29 is 9.47 Å². The van der Waals surface area contributed by atoms with Gasteiger partial charge in [-0.05, 0) is 31.1 Å². The van der Waals surface area contributed by atoms with Crippen LogP contribution in [0.4, 0.5) is 0 Å². The molecule has 0 aromatic carbocycles. The zero-order chi connectivity index (χ0) is 14.9. The third kappa shape index (κ3) is 5.90. The molecule has 1 heterocycles. The van der Waals surface area contributed by atoms with E-state index in [1.54, 1.807) is 0 Å². The maximum atomic E-state index is 6.14. The van der Waals surface area contributed by atoms with Crippen molar-refractivity contribution in [3.8, 4) is 0 Å². The first-order chi connectivity index (χ1) is 10.3. The molecular weight excluding hydrogens is 260 g/mol. The molecule has 1 aliphatic carbocycles. The molecule has 0 radical (unpaired) electrons. The molecule has 1 saturated heterocycles. The number of hydrogen-bond donors (Lipinski definition) is 0. The topological polar surface area (TPSA) is 18.5 Å². The van der Waals surface area contributed by atoms with Gasteiger partial charge in [-0.25, -0.2) is 0 Å². The van der Waals surface area contributed by atoms with E-state index in [0.717, 1.165) is 25.0 Å². The summed E-state index contributed by atoms with van der Waals surface area (Å²) in [5.74, 6) is 1.76. The Balaban J connectivity index is 1.60. The summed E-state index contributed by atoms with van der Waals surface area (Å²) in [5.41, 5.74) is 0. The first kappa shape index (κ1) is 17.3. The van der Waals surface area contributed by atoms with Gasteiger partial charge in [-0.1, -0.05) is 65.2 Å². The third-order valence-corrected chi connectivity index (χ3v) is 5.51. The van der Waals surface area contributed by atoms with Crippen LogP contribution >= 0.6 is 0 Å². The van der Waals surface area contributed by atoms with Crippen LogP contribution in [-0.2, 0) is 9.47 Å². The highest BCUT2D eigenvalue weighted by molar-refractivity contribution is 4.81. The van der Waals surface area contributed by atoms with Gasteiger partial charge in [-0.2, -0.15) is 0 Å². The van der Waals surface area contributed by atoms with Gasteiger partial charge in [0, 0.05) is 0 Å². The van der Waals surface area contributed by atoms with Crippen molar-refractivity contribution in [2.24, 2.45) is 11.8 Å². The Labute approximate surface area is 132 Å². The normalized spacial score (nSPS) is 34.0. The van der Waals surface area contributed by atoms with Crippen molar-refractivity contribution in [3.63, 3.8) is 0 Å². The van der Waals surface area contributed by atoms with Gasteiger partial charge >= 0.3 is 0 Å². The van der Waals surface area contributed by atoms with Crippen LogP contribution in [0.5, 0.6) is 0 Å². The number of unbranched alkanes of at least 4 members (excludes halogenated alkanes) is 3. The molecule has 124 valence electrons. The maximum Gasteiger partial charge on any atom is 0.0838 e.